The molecule has 0 unspecified atom stereocenters. The van der Waals surface area contributed by atoms with Crippen LogP contribution in [0.1, 0.15) is 29.7 Å². The van der Waals surface area contributed by atoms with Gasteiger partial charge in [-0.05, 0) is 61.1 Å². The number of fused-ring (bicyclic) bond motifs is 1. The van der Waals surface area contributed by atoms with Gasteiger partial charge in [-0.3, -0.25) is 4.98 Å². The SMILES string of the molecule is COc1ccc(-c2c(C#N)c(-c3cccc(OC)c3)nc3c2CCCC3)cc1. The van der Waals surface area contributed by atoms with Gasteiger partial charge in [-0.25, -0.2) is 0 Å². The van der Waals surface area contributed by atoms with Crippen molar-refractivity contribution in [2.45, 2.75) is 25.7 Å². The van der Waals surface area contributed by atoms with E-state index in [-0.39, 0.29) is 0 Å². The Labute approximate surface area is 165 Å². The van der Waals surface area contributed by atoms with Crippen LogP contribution in [0.15, 0.2) is 48.5 Å². The summed E-state index contributed by atoms with van der Waals surface area (Å²) in [5.74, 6) is 1.56. The fourth-order valence-corrected chi connectivity index (χ4v) is 3.91. The van der Waals surface area contributed by atoms with Crippen molar-refractivity contribution in [2.75, 3.05) is 14.2 Å². The summed E-state index contributed by atoms with van der Waals surface area (Å²) in [6.45, 7) is 0. The zero-order chi connectivity index (χ0) is 19.5. The number of nitrogens with zero attached hydrogens (tertiary/aromatic N) is 2. The van der Waals surface area contributed by atoms with Crippen LogP contribution in [0.2, 0.25) is 0 Å². The van der Waals surface area contributed by atoms with E-state index in [1.165, 1.54) is 5.56 Å². The number of aromatic nitrogens is 1. The lowest BCUT2D eigenvalue weighted by molar-refractivity contribution is 0.415. The molecule has 2 aromatic carbocycles. The van der Waals surface area contributed by atoms with E-state index in [9.17, 15) is 5.26 Å². The number of pyridine rings is 1. The Hall–Kier alpha value is -3.32. The highest BCUT2D eigenvalue weighted by atomic mass is 16.5. The molecule has 0 fully saturated rings. The lowest BCUT2D eigenvalue weighted by Crippen LogP contribution is -2.10. The Balaban J connectivity index is 1.99. The number of hydrogen-bond donors (Lipinski definition) is 0. The smallest absolute Gasteiger partial charge is 0.119 e. The van der Waals surface area contributed by atoms with Gasteiger partial charge < -0.3 is 9.47 Å². The molecule has 0 amide bonds. The van der Waals surface area contributed by atoms with Crippen molar-refractivity contribution < 1.29 is 9.47 Å². The van der Waals surface area contributed by atoms with Crippen molar-refractivity contribution in [3.8, 4) is 40.0 Å². The zero-order valence-corrected chi connectivity index (χ0v) is 16.2. The van der Waals surface area contributed by atoms with Gasteiger partial charge in [0.1, 0.15) is 17.6 Å². The quantitative estimate of drug-likeness (QED) is 0.635. The molecule has 0 saturated heterocycles. The molecule has 4 nitrogen and oxygen atoms in total. The van der Waals surface area contributed by atoms with Gasteiger partial charge in [-0.2, -0.15) is 5.26 Å². The Morgan fingerprint density at radius 2 is 1.64 bits per heavy atom. The van der Waals surface area contributed by atoms with Gasteiger partial charge >= 0.3 is 0 Å². The largest absolute Gasteiger partial charge is 0.497 e. The minimum atomic E-state index is 0.624. The molecule has 3 aromatic rings. The number of hydrogen-bond acceptors (Lipinski definition) is 4. The highest BCUT2D eigenvalue weighted by molar-refractivity contribution is 5.83. The molecule has 1 aliphatic carbocycles. The Bertz CT molecular complexity index is 1050. The van der Waals surface area contributed by atoms with Crippen LogP contribution in [-0.4, -0.2) is 19.2 Å². The van der Waals surface area contributed by atoms with E-state index < -0.39 is 0 Å². The predicted octanol–water partition coefficient (Wildman–Crippen LogP) is 5.18. The van der Waals surface area contributed by atoms with Crippen LogP contribution in [0.25, 0.3) is 22.4 Å². The van der Waals surface area contributed by atoms with Gasteiger partial charge in [-0.15, -0.1) is 0 Å². The van der Waals surface area contributed by atoms with Crippen molar-refractivity contribution in [3.05, 3.63) is 65.4 Å². The third-order valence-electron chi connectivity index (χ3n) is 5.31. The molecule has 1 aromatic heterocycles. The fraction of sp³-hybridized carbons (Fsp3) is 0.250. The topological polar surface area (TPSA) is 55.1 Å². The highest BCUT2D eigenvalue weighted by Crippen LogP contribution is 2.39. The van der Waals surface area contributed by atoms with E-state index in [0.717, 1.165) is 65.3 Å². The maximum Gasteiger partial charge on any atom is 0.119 e. The monoisotopic (exact) mass is 370 g/mol. The molecule has 140 valence electrons. The molecule has 1 aliphatic rings. The van der Waals surface area contributed by atoms with E-state index in [1.54, 1.807) is 14.2 Å². The predicted molar refractivity (Wildman–Crippen MR) is 110 cm³/mol. The van der Waals surface area contributed by atoms with Crippen LogP contribution in [0.4, 0.5) is 0 Å². The second kappa shape index (κ2) is 7.74. The molecule has 0 spiro atoms. The van der Waals surface area contributed by atoms with Crippen molar-refractivity contribution in [1.82, 2.24) is 4.98 Å². The first kappa shape index (κ1) is 18.1. The summed E-state index contributed by atoms with van der Waals surface area (Å²) in [6.07, 6.45) is 4.16. The van der Waals surface area contributed by atoms with E-state index in [0.29, 0.717) is 5.56 Å². The molecular weight excluding hydrogens is 348 g/mol. The summed E-state index contributed by atoms with van der Waals surface area (Å²) in [4.78, 5) is 4.95. The maximum atomic E-state index is 10.1. The Morgan fingerprint density at radius 3 is 2.36 bits per heavy atom. The van der Waals surface area contributed by atoms with Crippen molar-refractivity contribution in [2.24, 2.45) is 0 Å². The van der Waals surface area contributed by atoms with Crippen molar-refractivity contribution >= 4 is 0 Å². The first-order chi connectivity index (χ1) is 13.7. The third kappa shape index (κ3) is 3.20. The number of benzene rings is 2. The van der Waals surface area contributed by atoms with Crippen LogP contribution < -0.4 is 9.47 Å². The van der Waals surface area contributed by atoms with Gasteiger partial charge in [0.05, 0.1) is 25.5 Å². The second-order valence-corrected chi connectivity index (χ2v) is 6.92. The first-order valence-corrected chi connectivity index (χ1v) is 9.50. The van der Waals surface area contributed by atoms with Crippen molar-refractivity contribution in [1.29, 1.82) is 5.26 Å². The zero-order valence-electron chi connectivity index (χ0n) is 16.2. The number of nitriles is 1. The van der Waals surface area contributed by atoms with Gasteiger partial charge in [0, 0.05) is 16.8 Å². The minimum Gasteiger partial charge on any atom is -0.497 e. The standard InChI is InChI=1S/C24H22N2O2/c1-27-18-12-10-16(11-13-18)23-20-8-3-4-9-22(20)26-24(21(23)15-25)17-6-5-7-19(14-17)28-2/h5-7,10-14H,3-4,8-9H2,1-2H3. The van der Waals surface area contributed by atoms with Gasteiger partial charge in [-0.1, -0.05) is 24.3 Å². The van der Waals surface area contributed by atoms with Crippen LogP contribution in [-0.2, 0) is 12.8 Å². The summed E-state index contributed by atoms with van der Waals surface area (Å²) >= 11 is 0. The number of aryl methyl sites for hydroxylation is 1. The second-order valence-electron chi connectivity index (χ2n) is 6.92. The average molecular weight is 370 g/mol. The van der Waals surface area contributed by atoms with E-state index >= 15 is 0 Å². The lowest BCUT2D eigenvalue weighted by atomic mass is 9.85. The normalized spacial score (nSPS) is 12.8. The number of ether oxygens (including phenoxy) is 2. The Morgan fingerprint density at radius 1 is 0.893 bits per heavy atom. The molecule has 0 radical (unpaired) electrons. The number of rotatable bonds is 4. The lowest BCUT2D eigenvalue weighted by Gasteiger charge is -2.22. The fourth-order valence-electron chi connectivity index (χ4n) is 3.91. The average Bonchev–Trinajstić information content (AvgIpc) is 2.77. The van der Waals surface area contributed by atoms with E-state index in [2.05, 4.69) is 6.07 Å². The molecule has 28 heavy (non-hydrogen) atoms. The maximum absolute atomic E-state index is 10.1. The summed E-state index contributed by atoms with van der Waals surface area (Å²) in [7, 11) is 3.30. The van der Waals surface area contributed by atoms with Crippen molar-refractivity contribution in [3.63, 3.8) is 0 Å². The van der Waals surface area contributed by atoms with Crippen LogP contribution in [0.3, 0.4) is 0 Å². The van der Waals surface area contributed by atoms with Gasteiger partial charge in [0.25, 0.3) is 0 Å². The summed E-state index contributed by atoms with van der Waals surface area (Å²) in [5.41, 5.74) is 6.61. The molecule has 0 atom stereocenters. The van der Waals surface area contributed by atoms with E-state index in [4.69, 9.17) is 14.5 Å². The van der Waals surface area contributed by atoms with Gasteiger partial charge in [0.15, 0.2) is 0 Å². The van der Waals surface area contributed by atoms with Crippen LogP contribution in [0, 0.1) is 11.3 Å². The highest BCUT2D eigenvalue weighted by Gasteiger charge is 2.23. The molecule has 1 heterocycles. The van der Waals surface area contributed by atoms with E-state index in [1.807, 2.05) is 48.5 Å². The van der Waals surface area contributed by atoms with Gasteiger partial charge in [0.2, 0.25) is 0 Å². The molecular formula is C24H22N2O2. The summed E-state index contributed by atoms with van der Waals surface area (Å²) < 4.78 is 10.7. The third-order valence-corrected chi connectivity index (χ3v) is 5.31. The summed E-state index contributed by atoms with van der Waals surface area (Å²) in [5, 5.41) is 10.1. The first-order valence-electron chi connectivity index (χ1n) is 9.50. The Kier molecular flexibility index (Phi) is 4.99. The molecule has 0 bridgehead atoms. The summed E-state index contributed by atoms with van der Waals surface area (Å²) in [6, 6.07) is 18.1. The van der Waals surface area contributed by atoms with Crippen LogP contribution in [0.5, 0.6) is 11.5 Å². The molecule has 4 rings (SSSR count). The molecule has 0 aliphatic heterocycles. The molecule has 4 heteroatoms. The molecule has 0 N–H and O–H groups in total. The molecule has 0 saturated carbocycles. The van der Waals surface area contributed by atoms with Crippen LogP contribution >= 0.6 is 0 Å². The number of methoxy groups -OCH3 is 2. The minimum absolute atomic E-state index is 0.624.